The van der Waals surface area contributed by atoms with Crippen molar-refractivity contribution in [2.45, 2.75) is 32.7 Å². The van der Waals surface area contributed by atoms with Crippen LogP contribution in [-0.4, -0.2) is 30.2 Å². The van der Waals surface area contributed by atoms with E-state index in [0.29, 0.717) is 6.42 Å². The van der Waals surface area contributed by atoms with Crippen molar-refractivity contribution in [2.75, 3.05) is 13.7 Å². The third kappa shape index (κ3) is 4.41. The summed E-state index contributed by atoms with van der Waals surface area (Å²) in [5.41, 5.74) is -0.215. The summed E-state index contributed by atoms with van der Waals surface area (Å²) < 4.78 is 4.92. The van der Waals surface area contributed by atoms with Gasteiger partial charge in [0.1, 0.15) is 6.61 Å². The Labute approximate surface area is 80.1 Å². The van der Waals surface area contributed by atoms with Gasteiger partial charge in [0, 0.05) is 19.0 Å². The van der Waals surface area contributed by atoms with Crippen molar-refractivity contribution in [2.24, 2.45) is 0 Å². The molecule has 0 saturated carbocycles. The lowest BCUT2D eigenvalue weighted by Gasteiger charge is -2.30. The highest BCUT2D eigenvalue weighted by atomic mass is 16.6. The first-order valence-corrected chi connectivity index (χ1v) is 4.23. The molecule has 0 atom stereocenters. The van der Waals surface area contributed by atoms with E-state index in [-0.39, 0.29) is 18.2 Å². The Hall–Kier alpha value is -1.17. The normalized spacial score (nSPS) is 10.4. The summed E-state index contributed by atoms with van der Waals surface area (Å²) in [6.45, 7) is 6.11. The molecule has 0 aliphatic rings. The molecule has 0 aliphatic carbocycles. The number of ether oxygens (including phenoxy) is 1. The van der Waals surface area contributed by atoms with E-state index in [1.54, 1.807) is 11.9 Å². The van der Waals surface area contributed by atoms with E-state index < -0.39 is 0 Å². The summed E-state index contributed by atoms with van der Waals surface area (Å²) in [7, 11) is 1.71. The lowest BCUT2D eigenvalue weighted by atomic mass is 10.1. The van der Waals surface area contributed by atoms with E-state index in [4.69, 9.17) is 11.2 Å². The van der Waals surface area contributed by atoms with Crippen LogP contribution in [0.2, 0.25) is 0 Å². The molecule has 0 spiro atoms. The van der Waals surface area contributed by atoms with Crippen molar-refractivity contribution in [3.05, 3.63) is 0 Å². The fourth-order valence-electron chi connectivity index (χ4n) is 0.568. The van der Waals surface area contributed by atoms with Crippen LogP contribution in [0.5, 0.6) is 0 Å². The zero-order valence-electron chi connectivity index (χ0n) is 8.76. The minimum Gasteiger partial charge on any atom is -0.448 e. The number of carbonyl (C=O) groups excluding carboxylic acids is 1. The van der Waals surface area contributed by atoms with Crippen molar-refractivity contribution in [3.63, 3.8) is 0 Å². The van der Waals surface area contributed by atoms with E-state index in [0.717, 1.165) is 0 Å². The lowest BCUT2D eigenvalue weighted by Crippen LogP contribution is -2.42. The third-order valence-electron chi connectivity index (χ3n) is 1.75. The van der Waals surface area contributed by atoms with Crippen molar-refractivity contribution < 1.29 is 9.53 Å². The van der Waals surface area contributed by atoms with Crippen LogP contribution >= 0.6 is 0 Å². The molecule has 0 aromatic carbocycles. The van der Waals surface area contributed by atoms with Crippen LogP contribution in [0.25, 0.3) is 0 Å². The Bertz CT molecular complexity index is 210. The molecule has 0 rings (SSSR count). The van der Waals surface area contributed by atoms with Gasteiger partial charge < -0.3 is 9.64 Å². The predicted octanol–water partition coefficient (Wildman–Crippen LogP) is 1.88. The maximum absolute atomic E-state index is 11.3. The van der Waals surface area contributed by atoms with Crippen molar-refractivity contribution in [1.29, 1.82) is 0 Å². The standard InChI is InChI=1S/C10H17NO2/c1-6-7-8-13-9(12)11(5)10(2,3)4/h1H,7-8H2,2-5H3. The number of rotatable bonds is 2. The fourth-order valence-corrected chi connectivity index (χ4v) is 0.568. The molecule has 0 heterocycles. The second-order valence-electron chi connectivity index (χ2n) is 3.80. The topological polar surface area (TPSA) is 29.5 Å². The molecule has 0 fully saturated rings. The number of terminal acetylenes is 1. The average Bonchev–Trinajstić information content (AvgIpc) is 2.01. The van der Waals surface area contributed by atoms with E-state index in [9.17, 15) is 4.79 Å². The maximum atomic E-state index is 11.3. The molecule has 0 radical (unpaired) electrons. The van der Waals surface area contributed by atoms with E-state index in [2.05, 4.69) is 5.92 Å². The van der Waals surface area contributed by atoms with Gasteiger partial charge in [-0.2, -0.15) is 0 Å². The Kier molecular flexibility index (Phi) is 4.33. The highest BCUT2D eigenvalue weighted by Gasteiger charge is 2.22. The smallest absolute Gasteiger partial charge is 0.409 e. The van der Waals surface area contributed by atoms with Gasteiger partial charge in [-0.3, -0.25) is 0 Å². The number of carbonyl (C=O) groups is 1. The number of nitrogens with zero attached hydrogens (tertiary/aromatic N) is 1. The molecule has 0 aromatic rings. The predicted molar refractivity (Wildman–Crippen MR) is 52.3 cm³/mol. The molecule has 3 nitrogen and oxygen atoms in total. The van der Waals surface area contributed by atoms with Gasteiger partial charge >= 0.3 is 6.09 Å². The first-order chi connectivity index (χ1) is 5.89. The average molecular weight is 183 g/mol. The first-order valence-electron chi connectivity index (χ1n) is 4.23. The van der Waals surface area contributed by atoms with Crippen LogP contribution in [0.1, 0.15) is 27.2 Å². The van der Waals surface area contributed by atoms with Gasteiger partial charge in [-0.25, -0.2) is 4.79 Å². The molecule has 0 aliphatic heterocycles. The van der Waals surface area contributed by atoms with Gasteiger partial charge in [0.2, 0.25) is 0 Å². The fraction of sp³-hybridized carbons (Fsp3) is 0.700. The SMILES string of the molecule is C#CCCOC(=O)N(C)C(C)(C)C. The Balaban J connectivity index is 3.92. The quantitative estimate of drug-likeness (QED) is 0.483. The van der Waals surface area contributed by atoms with Gasteiger partial charge in [-0.05, 0) is 20.8 Å². The van der Waals surface area contributed by atoms with E-state index in [1.807, 2.05) is 20.8 Å². The van der Waals surface area contributed by atoms with Crippen LogP contribution in [0.3, 0.4) is 0 Å². The van der Waals surface area contributed by atoms with Crippen molar-refractivity contribution >= 4 is 6.09 Å². The maximum Gasteiger partial charge on any atom is 0.409 e. The molecule has 0 saturated heterocycles. The first kappa shape index (κ1) is 11.8. The summed E-state index contributed by atoms with van der Waals surface area (Å²) >= 11 is 0. The molecule has 74 valence electrons. The monoisotopic (exact) mass is 183 g/mol. The summed E-state index contributed by atoms with van der Waals surface area (Å²) in [5.74, 6) is 2.40. The molecular weight excluding hydrogens is 166 g/mol. The lowest BCUT2D eigenvalue weighted by molar-refractivity contribution is 0.0830. The van der Waals surface area contributed by atoms with E-state index >= 15 is 0 Å². The van der Waals surface area contributed by atoms with Gasteiger partial charge in [-0.15, -0.1) is 12.3 Å². The molecule has 1 amide bonds. The van der Waals surface area contributed by atoms with Crippen LogP contribution in [0, 0.1) is 12.3 Å². The largest absolute Gasteiger partial charge is 0.448 e. The summed E-state index contributed by atoms with van der Waals surface area (Å²) in [6.07, 6.45) is 5.15. The molecule has 13 heavy (non-hydrogen) atoms. The van der Waals surface area contributed by atoms with E-state index in [1.165, 1.54) is 0 Å². The van der Waals surface area contributed by atoms with Crippen molar-refractivity contribution in [3.8, 4) is 12.3 Å². The zero-order valence-corrected chi connectivity index (χ0v) is 8.76. The Morgan fingerprint density at radius 3 is 2.46 bits per heavy atom. The molecule has 0 unspecified atom stereocenters. The molecule has 0 N–H and O–H groups in total. The van der Waals surface area contributed by atoms with Gasteiger partial charge in [0.25, 0.3) is 0 Å². The van der Waals surface area contributed by atoms with Gasteiger partial charge in [0.15, 0.2) is 0 Å². The molecule has 0 aromatic heterocycles. The van der Waals surface area contributed by atoms with Crippen LogP contribution < -0.4 is 0 Å². The Morgan fingerprint density at radius 2 is 2.08 bits per heavy atom. The zero-order chi connectivity index (χ0) is 10.5. The van der Waals surface area contributed by atoms with Gasteiger partial charge in [0.05, 0.1) is 0 Å². The second-order valence-corrected chi connectivity index (χ2v) is 3.80. The number of hydrogen-bond acceptors (Lipinski definition) is 2. The minimum atomic E-state index is -0.331. The van der Waals surface area contributed by atoms with Crippen LogP contribution in [-0.2, 0) is 4.74 Å². The minimum absolute atomic E-state index is 0.215. The summed E-state index contributed by atoms with van der Waals surface area (Å²) in [4.78, 5) is 12.8. The highest BCUT2D eigenvalue weighted by Crippen LogP contribution is 2.11. The van der Waals surface area contributed by atoms with Crippen LogP contribution in [0.4, 0.5) is 4.79 Å². The number of hydrogen-bond donors (Lipinski definition) is 0. The second kappa shape index (κ2) is 4.76. The van der Waals surface area contributed by atoms with Crippen molar-refractivity contribution in [1.82, 2.24) is 4.90 Å². The molecular formula is C10H17NO2. The number of amides is 1. The summed E-state index contributed by atoms with van der Waals surface area (Å²) in [6, 6.07) is 0. The Morgan fingerprint density at radius 1 is 1.54 bits per heavy atom. The van der Waals surface area contributed by atoms with Gasteiger partial charge in [-0.1, -0.05) is 0 Å². The molecule has 0 bridgehead atoms. The summed E-state index contributed by atoms with van der Waals surface area (Å²) in [5, 5.41) is 0. The third-order valence-corrected chi connectivity index (χ3v) is 1.75. The highest BCUT2D eigenvalue weighted by molar-refractivity contribution is 5.68. The van der Waals surface area contributed by atoms with Crippen LogP contribution in [0.15, 0.2) is 0 Å². The molecule has 3 heteroatoms.